The van der Waals surface area contributed by atoms with Crippen molar-refractivity contribution in [3.8, 4) is 0 Å². The molecule has 0 aromatic rings. The second kappa shape index (κ2) is 7.97. The maximum Gasteiger partial charge on any atom is 0.0585 e. The van der Waals surface area contributed by atoms with Crippen LogP contribution in [0.25, 0.3) is 0 Å². The lowest BCUT2D eigenvalue weighted by molar-refractivity contribution is -0.129. The fourth-order valence-electron chi connectivity index (χ4n) is 8.80. The Kier molecular flexibility index (Phi) is 6.01. The highest BCUT2D eigenvalue weighted by Crippen LogP contribution is 2.67. The quantitative estimate of drug-likeness (QED) is 0.525. The lowest BCUT2D eigenvalue weighted by Gasteiger charge is -2.60. The highest BCUT2D eigenvalue weighted by atomic mass is 16.3. The summed E-state index contributed by atoms with van der Waals surface area (Å²) in [7, 11) is 0. The summed E-state index contributed by atoms with van der Waals surface area (Å²) in [5.74, 6) is 4.19. The molecular formula is C27H46O2. The third-order valence-corrected chi connectivity index (χ3v) is 10.2. The Morgan fingerprint density at radius 3 is 2.55 bits per heavy atom. The van der Waals surface area contributed by atoms with Gasteiger partial charge < -0.3 is 10.2 Å². The van der Waals surface area contributed by atoms with Crippen molar-refractivity contribution in [3.05, 3.63) is 11.6 Å². The number of aliphatic hydroxyl groups excluding tert-OH is 2. The summed E-state index contributed by atoms with van der Waals surface area (Å²) in [6.07, 6.45) is 13.9. The van der Waals surface area contributed by atoms with Gasteiger partial charge in [0.15, 0.2) is 0 Å². The lowest BCUT2D eigenvalue weighted by atomic mass is 9.46. The average Bonchev–Trinajstić information content (AvgIpc) is 2.98. The minimum Gasteiger partial charge on any atom is -0.393 e. The van der Waals surface area contributed by atoms with E-state index in [0.717, 1.165) is 55.8 Å². The van der Waals surface area contributed by atoms with Gasteiger partial charge in [-0.25, -0.2) is 0 Å². The van der Waals surface area contributed by atoms with Crippen molar-refractivity contribution in [2.24, 2.45) is 46.3 Å². The zero-order valence-corrected chi connectivity index (χ0v) is 19.7. The molecule has 0 heterocycles. The first-order chi connectivity index (χ1) is 13.7. The average molecular weight is 403 g/mol. The smallest absolute Gasteiger partial charge is 0.0585 e. The molecule has 0 saturated heterocycles. The van der Waals surface area contributed by atoms with E-state index in [0.29, 0.717) is 17.3 Å². The number of fused-ring (bicyclic) bond motifs is 5. The van der Waals surface area contributed by atoms with E-state index >= 15 is 0 Å². The monoisotopic (exact) mass is 402 g/mol. The third kappa shape index (κ3) is 3.65. The van der Waals surface area contributed by atoms with E-state index < -0.39 is 0 Å². The molecule has 0 aliphatic heterocycles. The number of rotatable bonds is 5. The Morgan fingerprint density at radius 2 is 1.83 bits per heavy atom. The van der Waals surface area contributed by atoms with E-state index in [1.54, 1.807) is 0 Å². The van der Waals surface area contributed by atoms with Crippen LogP contribution in [0.1, 0.15) is 98.8 Å². The van der Waals surface area contributed by atoms with Gasteiger partial charge in [-0.05, 0) is 91.3 Å². The van der Waals surface area contributed by atoms with Crippen molar-refractivity contribution in [2.75, 3.05) is 0 Å². The molecule has 4 aliphatic rings. The first kappa shape index (κ1) is 21.9. The van der Waals surface area contributed by atoms with Crippen LogP contribution in [-0.2, 0) is 0 Å². The number of allylic oxidation sites excluding steroid dienone is 1. The number of hydrogen-bond donors (Lipinski definition) is 2. The van der Waals surface area contributed by atoms with E-state index in [9.17, 15) is 10.2 Å². The van der Waals surface area contributed by atoms with Crippen molar-refractivity contribution < 1.29 is 10.2 Å². The predicted molar refractivity (Wildman–Crippen MR) is 120 cm³/mol. The van der Waals surface area contributed by atoms with Crippen LogP contribution in [0, 0.1) is 46.3 Å². The molecule has 0 bridgehead atoms. The zero-order chi connectivity index (χ0) is 21.0. The van der Waals surface area contributed by atoms with Crippen molar-refractivity contribution in [1.29, 1.82) is 0 Å². The van der Waals surface area contributed by atoms with Gasteiger partial charge in [-0.3, -0.25) is 0 Å². The van der Waals surface area contributed by atoms with Crippen LogP contribution in [0.3, 0.4) is 0 Å². The van der Waals surface area contributed by atoms with Crippen LogP contribution in [0.4, 0.5) is 0 Å². The lowest BCUT2D eigenvalue weighted by Crippen LogP contribution is -2.56. The van der Waals surface area contributed by atoms with Gasteiger partial charge in [0.25, 0.3) is 0 Å². The van der Waals surface area contributed by atoms with E-state index in [1.807, 2.05) is 0 Å². The van der Waals surface area contributed by atoms with Crippen molar-refractivity contribution in [3.63, 3.8) is 0 Å². The fourth-order valence-corrected chi connectivity index (χ4v) is 8.80. The molecule has 0 aromatic carbocycles. The van der Waals surface area contributed by atoms with Crippen LogP contribution >= 0.6 is 0 Å². The first-order valence-electron chi connectivity index (χ1n) is 12.7. The standard InChI is InChI=1S/C27H46O2/c1-17(2)7-6-8-18(3)22-11-12-23-21-10-9-19-15-20(28)13-14-26(19,4)25(21)24(29)16-27(22,23)5/h9,17-18,20-25,28-29H,6-8,10-16H2,1-5H3/t18-,20+,21+,22-,23+,24?,25-,26+,27-/m1/s1. The van der Waals surface area contributed by atoms with Crippen LogP contribution < -0.4 is 0 Å². The fraction of sp³-hybridized carbons (Fsp3) is 0.926. The molecule has 4 aliphatic carbocycles. The summed E-state index contributed by atoms with van der Waals surface area (Å²) in [4.78, 5) is 0. The molecule has 0 amide bonds. The Labute approximate surface area is 179 Å². The predicted octanol–water partition coefficient (Wildman–Crippen LogP) is 6.36. The SMILES string of the molecule is CC(C)CCC[C@@H](C)[C@H]1CC[C@H]2[C@@H]3CC=C4C[C@@H](O)CC[C@]4(C)[C@H]3C(O)C[C@]12C. The minimum atomic E-state index is -0.173. The van der Waals surface area contributed by atoms with Crippen molar-refractivity contribution in [1.82, 2.24) is 0 Å². The van der Waals surface area contributed by atoms with E-state index in [2.05, 4.69) is 40.7 Å². The maximum absolute atomic E-state index is 11.5. The van der Waals surface area contributed by atoms with Crippen molar-refractivity contribution >= 4 is 0 Å². The van der Waals surface area contributed by atoms with Gasteiger partial charge in [0, 0.05) is 0 Å². The summed E-state index contributed by atoms with van der Waals surface area (Å²) < 4.78 is 0. The molecule has 2 nitrogen and oxygen atoms in total. The summed E-state index contributed by atoms with van der Waals surface area (Å²) in [5.41, 5.74) is 1.88. The summed E-state index contributed by atoms with van der Waals surface area (Å²) >= 11 is 0. The van der Waals surface area contributed by atoms with Gasteiger partial charge in [0.1, 0.15) is 0 Å². The normalized spacial score (nSPS) is 47.9. The maximum atomic E-state index is 11.5. The number of hydrogen-bond acceptors (Lipinski definition) is 2. The van der Waals surface area contributed by atoms with E-state index in [4.69, 9.17) is 0 Å². The Balaban J connectivity index is 1.54. The largest absolute Gasteiger partial charge is 0.393 e. The molecule has 0 radical (unpaired) electrons. The van der Waals surface area contributed by atoms with E-state index in [-0.39, 0.29) is 17.6 Å². The van der Waals surface area contributed by atoms with Crippen LogP contribution in [0.5, 0.6) is 0 Å². The summed E-state index contributed by atoms with van der Waals surface area (Å²) in [6.45, 7) is 12.1. The van der Waals surface area contributed by atoms with Crippen molar-refractivity contribution in [2.45, 2.75) is 111 Å². The molecule has 3 saturated carbocycles. The van der Waals surface area contributed by atoms with Crippen LogP contribution in [0.15, 0.2) is 11.6 Å². The molecule has 3 fully saturated rings. The molecule has 9 atom stereocenters. The molecule has 4 rings (SSSR count). The molecule has 166 valence electrons. The third-order valence-electron chi connectivity index (χ3n) is 10.2. The molecule has 2 N–H and O–H groups in total. The second-order valence-corrected chi connectivity index (χ2v) is 12.3. The molecule has 1 unspecified atom stereocenters. The second-order valence-electron chi connectivity index (χ2n) is 12.3. The van der Waals surface area contributed by atoms with Gasteiger partial charge in [0.2, 0.25) is 0 Å². The summed E-state index contributed by atoms with van der Waals surface area (Å²) in [5, 5.41) is 21.8. The van der Waals surface area contributed by atoms with Gasteiger partial charge in [0.05, 0.1) is 12.2 Å². The van der Waals surface area contributed by atoms with Crippen LogP contribution in [0.2, 0.25) is 0 Å². The van der Waals surface area contributed by atoms with Gasteiger partial charge in [-0.15, -0.1) is 0 Å². The van der Waals surface area contributed by atoms with Gasteiger partial charge in [-0.1, -0.05) is 65.5 Å². The molecule has 0 aromatic heterocycles. The Morgan fingerprint density at radius 1 is 1.07 bits per heavy atom. The Bertz CT molecular complexity index is 624. The number of aliphatic hydroxyl groups is 2. The highest BCUT2D eigenvalue weighted by molar-refractivity contribution is 5.26. The zero-order valence-electron chi connectivity index (χ0n) is 19.7. The van der Waals surface area contributed by atoms with Gasteiger partial charge in [-0.2, -0.15) is 0 Å². The molecule has 0 spiro atoms. The highest BCUT2D eigenvalue weighted by Gasteiger charge is 2.61. The topological polar surface area (TPSA) is 40.5 Å². The summed E-state index contributed by atoms with van der Waals surface area (Å²) in [6, 6.07) is 0. The van der Waals surface area contributed by atoms with Crippen LogP contribution in [-0.4, -0.2) is 22.4 Å². The molecular weight excluding hydrogens is 356 g/mol. The Hall–Kier alpha value is -0.340. The molecule has 2 heteroatoms. The molecule has 29 heavy (non-hydrogen) atoms. The van der Waals surface area contributed by atoms with Gasteiger partial charge >= 0.3 is 0 Å². The first-order valence-corrected chi connectivity index (χ1v) is 12.7. The minimum absolute atomic E-state index is 0.115. The van der Waals surface area contributed by atoms with E-state index in [1.165, 1.54) is 37.7 Å².